The van der Waals surface area contributed by atoms with Crippen molar-refractivity contribution in [3.05, 3.63) is 91.6 Å². The van der Waals surface area contributed by atoms with Crippen molar-refractivity contribution in [2.45, 2.75) is 13.0 Å². The molecule has 0 bridgehead atoms. The first kappa shape index (κ1) is 28.9. The lowest BCUT2D eigenvalue weighted by Gasteiger charge is -2.23. The highest BCUT2D eigenvalue weighted by atomic mass is 16.5. The van der Waals surface area contributed by atoms with Crippen LogP contribution in [0.15, 0.2) is 91.6 Å². The lowest BCUT2D eigenvalue weighted by atomic mass is 10.2. The van der Waals surface area contributed by atoms with Crippen LogP contribution >= 0.6 is 0 Å². The summed E-state index contributed by atoms with van der Waals surface area (Å²) in [5.41, 5.74) is 2.70. The third-order valence-corrected chi connectivity index (χ3v) is 6.26. The van der Waals surface area contributed by atoms with Crippen LogP contribution < -0.4 is 30.7 Å². The van der Waals surface area contributed by atoms with Crippen LogP contribution in [0.3, 0.4) is 0 Å². The smallest absolute Gasteiger partial charge is 0.247 e. The molecule has 1 aromatic heterocycles. The molecular formula is C31H35N7O3. The predicted molar refractivity (Wildman–Crippen MR) is 165 cm³/mol. The molecule has 4 rings (SSSR count). The Kier molecular flexibility index (Phi) is 9.74. The molecule has 0 aliphatic carbocycles. The summed E-state index contributed by atoms with van der Waals surface area (Å²) in [6, 6.07) is 22.8. The van der Waals surface area contributed by atoms with Gasteiger partial charge in [-0.3, -0.25) is 4.79 Å². The largest absolute Gasteiger partial charge is 0.494 e. The Morgan fingerprint density at radius 1 is 0.976 bits per heavy atom. The quantitative estimate of drug-likeness (QED) is 0.143. The normalized spacial score (nSPS) is 11.3. The lowest BCUT2D eigenvalue weighted by Crippen LogP contribution is -2.31. The van der Waals surface area contributed by atoms with Crippen LogP contribution in [0.2, 0.25) is 0 Å². The molecule has 1 unspecified atom stereocenters. The summed E-state index contributed by atoms with van der Waals surface area (Å²) < 4.78 is 11.5. The van der Waals surface area contributed by atoms with Crippen molar-refractivity contribution in [1.82, 2.24) is 14.9 Å². The number of amides is 1. The molecule has 0 aliphatic rings. The standard InChI is InChI=1S/C31H35N7O3/c1-6-30(39)35-26-18-27(28(40-5)19-25(26)33-20-21(2)38(3)4)36-31-32-17-16-29(37-31)34-22-12-14-24(15-13-22)41-23-10-8-7-9-11-23/h6-19,21,33H,1,20H2,2-5H3,(H,35,39)(H2,32,34,36,37). The van der Waals surface area contributed by atoms with Gasteiger partial charge in [0.25, 0.3) is 0 Å². The van der Waals surface area contributed by atoms with Crippen LogP contribution in [0, 0.1) is 0 Å². The second-order valence-corrected chi connectivity index (χ2v) is 9.44. The number of aromatic nitrogens is 2. The number of rotatable bonds is 13. The summed E-state index contributed by atoms with van der Waals surface area (Å²) in [5.74, 6) is 2.67. The van der Waals surface area contributed by atoms with E-state index in [2.05, 4.69) is 49.6 Å². The molecule has 4 N–H and O–H groups in total. The van der Waals surface area contributed by atoms with Crippen molar-refractivity contribution in [3.63, 3.8) is 0 Å². The Hall–Kier alpha value is -5.09. The summed E-state index contributed by atoms with van der Waals surface area (Å²) in [6.07, 6.45) is 2.87. The Labute approximate surface area is 240 Å². The molecule has 1 heterocycles. The second-order valence-electron chi connectivity index (χ2n) is 9.44. The fourth-order valence-corrected chi connectivity index (χ4v) is 3.71. The number of carbonyl (C=O) groups is 1. The molecule has 0 aliphatic heterocycles. The van der Waals surface area contributed by atoms with E-state index >= 15 is 0 Å². The number of methoxy groups -OCH3 is 1. The van der Waals surface area contributed by atoms with E-state index in [0.29, 0.717) is 41.1 Å². The Morgan fingerprint density at radius 2 is 1.71 bits per heavy atom. The zero-order chi connectivity index (χ0) is 29.2. The maximum absolute atomic E-state index is 12.2. The van der Waals surface area contributed by atoms with Crippen LogP contribution in [0.25, 0.3) is 0 Å². The molecule has 41 heavy (non-hydrogen) atoms. The van der Waals surface area contributed by atoms with E-state index in [9.17, 15) is 4.79 Å². The van der Waals surface area contributed by atoms with E-state index in [-0.39, 0.29) is 11.9 Å². The molecule has 1 amide bonds. The maximum atomic E-state index is 12.2. The number of nitrogens with zero attached hydrogens (tertiary/aromatic N) is 3. The van der Waals surface area contributed by atoms with E-state index in [1.54, 1.807) is 25.4 Å². The van der Waals surface area contributed by atoms with Gasteiger partial charge < -0.3 is 35.6 Å². The molecular weight excluding hydrogens is 518 g/mol. The fourth-order valence-electron chi connectivity index (χ4n) is 3.71. The topological polar surface area (TPSA) is 113 Å². The molecule has 0 spiro atoms. The summed E-state index contributed by atoms with van der Waals surface area (Å²) in [4.78, 5) is 23.2. The first-order valence-electron chi connectivity index (χ1n) is 13.1. The van der Waals surface area contributed by atoms with E-state index in [1.165, 1.54) is 6.08 Å². The van der Waals surface area contributed by atoms with Gasteiger partial charge >= 0.3 is 0 Å². The zero-order valence-corrected chi connectivity index (χ0v) is 23.6. The third kappa shape index (κ3) is 8.20. The molecule has 1 atom stereocenters. The predicted octanol–water partition coefficient (Wildman–Crippen LogP) is 6.25. The SMILES string of the molecule is C=CC(=O)Nc1cc(Nc2nccc(Nc3ccc(Oc4ccccc4)cc3)n2)c(OC)cc1NCC(C)N(C)C. The second kappa shape index (κ2) is 13.8. The van der Waals surface area contributed by atoms with Crippen LogP contribution in [0.1, 0.15) is 6.92 Å². The van der Waals surface area contributed by atoms with Crippen LogP contribution in [-0.4, -0.2) is 54.6 Å². The summed E-state index contributed by atoms with van der Waals surface area (Å²) in [7, 11) is 5.61. The number of likely N-dealkylation sites (N-methyl/N-ethyl adjacent to an activating group) is 1. The van der Waals surface area contributed by atoms with Gasteiger partial charge in [-0.05, 0) is 75.6 Å². The number of hydrogen-bond acceptors (Lipinski definition) is 9. The van der Waals surface area contributed by atoms with Gasteiger partial charge in [0.05, 0.1) is 24.2 Å². The summed E-state index contributed by atoms with van der Waals surface area (Å²) in [6.45, 7) is 6.33. The molecule has 0 saturated carbocycles. The molecule has 0 fully saturated rings. The van der Waals surface area contributed by atoms with E-state index in [4.69, 9.17) is 9.47 Å². The lowest BCUT2D eigenvalue weighted by molar-refractivity contribution is -0.111. The van der Waals surface area contributed by atoms with Crippen LogP contribution in [0.5, 0.6) is 17.2 Å². The fraction of sp³-hybridized carbons (Fsp3) is 0.194. The average Bonchev–Trinajstić information content (AvgIpc) is 2.98. The Bertz CT molecular complexity index is 1460. The average molecular weight is 554 g/mol. The minimum atomic E-state index is -0.326. The minimum Gasteiger partial charge on any atom is -0.494 e. The van der Waals surface area contributed by atoms with Gasteiger partial charge in [-0.25, -0.2) is 4.98 Å². The maximum Gasteiger partial charge on any atom is 0.247 e. The molecule has 10 heteroatoms. The molecule has 0 saturated heterocycles. The van der Waals surface area contributed by atoms with Crippen molar-refractivity contribution in [2.75, 3.05) is 49.0 Å². The number of hydrogen-bond donors (Lipinski definition) is 4. The molecule has 0 radical (unpaired) electrons. The van der Waals surface area contributed by atoms with Gasteiger partial charge in [0.1, 0.15) is 23.1 Å². The highest BCUT2D eigenvalue weighted by molar-refractivity contribution is 6.02. The number of carbonyl (C=O) groups excluding carboxylic acids is 1. The van der Waals surface area contributed by atoms with Crippen molar-refractivity contribution in [1.29, 1.82) is 0 Å². The number of para-hydroxylation sites is 1. The van der Waals surface area contributed by atoms with Crippen LogP contribution in [-0.2, 0) is 4.79 Å². The first-order chi connectivity index (χ1) is 19.8. The van der Waals surface area contributed by atoms with Gasteiger partial charge in [0.2, 0.25) is 11.9 Å². The number of ether oxygens (including phenoxy) is 2. The zero-order valence-electron chi connectivity index (χ0n) is 23.6. The Balaban J connectivity index is 1.50. The van der Waals surface area contributed by atoms with Crippen molar-refractivity contribution < 1.29 is 14.3 Å². The van der Waals surface area contributed by atoms with E-state index in [1.807, 2.05) is 74.8 Å². The van der Waals surface area contributed by atoms with Gasteiger partial charge in [0.15, 0.2) is 0 Å². The first-order valence-corrected chi connectivity index (χ1v) is 13.1. The monoisotopic (exact) mass is 553 g/mol. The summed E-state index contributed by atoms with van der Waals surface area (Å²) >= 11 is 0. The van der Waals surface area contributed by atoms with Gasteiger partial charge in [0, 0.05) is 30.5 Å². The Morgan fingerprint density at radius 3 is 2.39 bits per heavy atom. The number of nitrogens with one attached hydrogen (secondary N) is 4. The van der Waals surface area contributed by atoms with E-state index < -0.39 is 0 Å². The third-order valence-electron chi connectivity index (χ3n) is 6.26. The molecule has 212 valence electrons. The molecule has 3 aromatic carbocycles. The summed E-state index contributed by atoms with van der Waals surface area (Å²) in [5, 5.41) is 12.7. The van der Waals surface area contributed by atoms with Crippen molar-refractivity contribution in [2.24, 2.45) is 0 Å². The molecule has 10 nitrogen and oxygen atoms in total. The van der Waals surface area contributed by atoms with E-state index in [0.717, 1.165) is 17.2 Å². The van der Waals surface area contributed by atoms with Gasteiger partial charge in [-0.15, -0.1) is 0 Å². The van der Waals surface area contributed by atoms with Gasteiger partial charge in [-0.2, -0.15) is 4.98 Å². The highest BCUT2D eigenvalue weighted by Gasteiger charge is 2.15. The molecule has 4 aromatic rings. The highest BCUT2D eigenvalue weighted by Crippen LogP contribution is 2.36. The minimum absolute atomic E-state index is 0.262. The number of benzene rings is 3. The van der Waals surface area contributed by atoms with Crippen molar-refractivity contribution in [3.8, 4) is 17.2 Å². The van der Waals surface area contributed by atoms with Crippen molar-refractivity contribution >= 4 is 40.4 Å². The number of anilines is 6. The van der Waals surface area contributed by atoms with Crippen LogP contribution in [0.4, 0.5) is 34.5 Å². The van der Waals surface area contributed by atoms with Gasteiger partial charge in [-0.1, -0.05) is 24.8 Å².